The molecule has 2 fully saturated rings. The average Bonchev–Trinajstić information content (AvgIpc) is 4.00. The maximum Gasteiger partial charge on any atom is 0.294 e. The van der Waals surface area contributed by atoms with Crippen LogP contribution < -0.4 is 19.7 Å². The second kappa shape index (κ2) is 16.0. The molecule has 0 spiro atoms. The summed E-state index contributed by atoms with van der Waals surface area (Å²) < 4.78 is 7.69. The average molecular weight is 804 g/mol. The van der Waals surface area contributed by atoms with E-state index in [0.29, 0.717) is 43.4 Å². The van der Waals surface area contributed by atoms with E-state index in [-0.39, 0.29) is 18.2 Å². The summed E-state index contributed by atoms with van der Waals surface area (Å²) in [6.45, 7) is 0.328. The van der Waals surface area contributed by atoms with Crippen molar-refractivity contribution in [2.75, 3.05) is 4.90 Å². The molecule has 1 aliphatic carbocycles. The van der Waals surface area contributed by atoms with Crippen LogP contribution in [-0.4, -0.2) is 32.2 Å². The Kier molecular flexibility index (Phi) is 10.3. The van der Waals surface area contributed by atoms with Crippen molar-refractivity contribution >= 4 is 86.0 Å². The molecule has 0 radical (unpaired) electrons. The van der Waals surface area contributed by atoms with E-state index in [1.807, 2.05) is 48.5 Å². The van der Waals surface area contributed by atoms with Gasteiger partial charge in [0, 0.05) is 23.3 Å². The molecular formula is C47H37N3O4S3. The third-order valence-electron chi connectivity index (χ3n) is 10.9. The molecule has 2 aliphatic heterocycles. The number of thiazole rings is 1. The number of anilines is 2. The van der Waals surface area contributed by atoms with E-state index < -0.39 is 0 Å². The minimum absolute atomic E-state index is 0.275. The van der Waals surface area contributed by atoms with E-state index in [9.17, 15) is 14.4 Å². The highest BCUT2D eigenvalue weighted by atomic mass is 32.2. The molecule has 9 rings (SSSR count). The number of thiocarbonyl (C=S) groups is 1. The molecule has 57 heavy (non-hydrogen) atoms. The van der Waals surface area contributed by atoms with Gasteiger partial charge in [-0.25, -0.2) is 0 Å². The highest BCUT2D eigenvalue weighted by Gasteiger charge is 2.42. The van der Waals surface area contributed by atoms with Crippen LogP contribution in [0.1, 0.15) is 58.6 Å². The van der Waals surface area contributed by atoms with Crippen LogP contribution in [0.3, 0.4) is 0 Å². The molecule has 2 unspecified atom stereocenters. The lowest BCUT2D eigenvalue weighted by Crippen LogP contribution is -2.34. The van der Waals surface area contributed by atoms with Crippen molar-refractivity contribution in [3.8, 4) is 0 Å². The van der Waals surface area contributed by atoms with E-state index in [1.165, 1.54) is 43.9 Å². The van der Waals surface area contributed by atoms with Crippen LogP contribution in [0.4, 0.5) is 11.4 Å². The number of ether oxygens (including phenoxy) is 1. The van der Waals surface area contributed by atoms with Crippen LogP contribution in [-0.2, 0) is 27.6 Å². The number of carbonyl (C=O) groups is 2. The fraction of sp³-hybridized carbons (Fsp3) is 0.149. The predicted octanol–water partition coefficient (Wildman–Crippen LogP) is 8.41. The van der Waals surface area contributed by atoms with Gasteiger partial charge in [0.15, 0.2) is 6.73 Å². The van der Waals surface area contributed by atoms with Gasteiger partial charge in [0.25, 0.3) is 17.9 Å². The largest absolute Gasteiger partial charge is 0.446 e. The van der Waals surface area contributed by atoms with Crippen LogP contribution in [0.2, 0.25) is 0 Å². The van der Waals surface area contributed by atoms with E-state index in [4.69, 9.17) is 17.0 Å². The minimum Gasteiger partial charge on any atom is -0.446 e. The Bertz CT molecular complexity index is 2670. The summed E-state index contributed by atoms with van der Waals surface area (Å²) in [6, 6.07) is 46.3. The van der Waals surface area contributed by atoms with Gasteiger partial charge < -0.3 is 9.64 Å². The highest BCUT2D eigenvalue weighted by molar-refractivity contribution is 8.30. The topological polar surface area (TPSA) is 71.8 Å². The van der Waals surface area contributed by atoms with E-state index in [1.54, 1.807) is 4.90 Å². The summed E-state index contributed by atoms with van der Waals surface area (Å²) in [5, 5.41) is 0. The first kappa shape index (κ1) is 36.8. The molecule has 6 aromatic rings. The summed E-state index contributed by atoms with van der Waals surface area (Å²) in [5.41, 5.74) is 9.82. The Morgan fingerprint density at radius 1 is 0.807 bits per heavy atom. The van der Waals surface area contributed by atoms with Crippen molar-refractivity contribution in [3.05, 3.63) is 186 Å². The fourth-order valence-electron chi connectivity index (χ4n) is 8.26. The number of fused-ring (bicyclic) bond motifs is 3. The Morgan fingerprint density at radius 2 is 1.47 bits per heavy atom. The van der Waals surface area contributed by atoms with Crippen molar-refractivity contribution in [2.24, 2.45) is 0 Å². The first-order chi connectivity index (χ1) is 28.0. The third-order valence-corrected chi connectivity index (χ3v) is 13.6. The number of benzene rings is 5. The smallest absolute Gasteiger partial charge is 0.294 e. The second-order valence-corrected chi connectivity index (χ2v) is 17.0. The molecule has 7 nitrogen and oxygen atoms in total. The number of hydrogen-bond donors (Lipinski definition) is 0. The van der Waals surface area contributed by atoms with Crippen molar-refractivity contribution in [1.82, 2.24) is 9.47 Å². The molecule has 1 saturated heterocycles. The number of hydrogen-bond acceptors (Lipinski definition) is 8. The number of amides is 1. The van der Waals surface area contributed by atoms with Gasteiger partial charge in [-0.1, -0.05) is 140 Å². The molecule has 0 bridgehead atoms. The van der Waals surface area contributed by atoms with Crippen molar-refractivity contribution in [3.63, 3.8) is 0 Å². The van der Waals surface area contributed by atoms with E-state index in [2.05, 4.69) is 102 Å². The maximum absolute atomic E-state index is 13.9. The lowest BCUT2D eigenvalue weighted by Gasteiger charge is -2.27. The van der Waals surface area contributed by atoms with E-state index >= 15 is 0 Å². The Labute approximate surface area is 343 Å². The van der Waals surface area contributed by atoms with Crippen LogP contribution in [0.25, 0.3) is 22.6 Å². The third kappa shape index (κ3) is 7.20. The van der Waals surface area contributed by atoms with Gasteiger partial charge in [0.05, 0.1) is 11.1 Å². The first-order valence-electron chi connectivity index (χ1n) is 18.9. The van der Waals surface area contributed by atoms with Gasteiger partial charge in [0.2, 0.25) is 0 Å². The summed E-state index contributed by atoms with van der Waals surface area (Å²) in [6.07, 6.45) is 7.50. The normalized spacial score (nSPS) is 18.5. The fourth-order valence-corrected chi connectivity index (χ4v) is 10.8. The summed E-state index contributed by atoms with van der Waals surface area (Å²) in [7, 11) is 0. The van der Waals surface area contributed by atoms with Crippen molar-refractivity contribution in [1.29, 1.82) is 0 Å². The van der Waals surface area contributed by atoms with Gasteiger partial charge in [0.1, 0.15) is 13.9 Å². The van der Waals surface area contributed by atoms with Crippen LogP contribution in [0, 0.1) is 0 Å². The summed E-state index contributed by atoms with van der Waals surface area (Å²) in [4.78, 5) is 43.2. The molecule has 1 amide bonds. The van der Waals surface area contributed by atoms with Gasteiger partial charge in [-0.2, -0.15) is 0 Å². The monoisotopic (exact) mass is 803 g/mol. The summed E-state index contributed by atoms with van der Waals surface area (Å²) in [5.74, 6) is 0.107. The molecule has 3 heterocycles. The van der Waals surface area contributed by atoms with E-state index in [0.717, 1.165) is 53.4 Å². The molecule has 0 N–H and O–H groups in total. The Morgan fingerprint density at radius 3 is 2.16 bits per heavy atom. The molecular weight excluding hydrogens is 767 g/mol. The Hall–Kier alpha value is -5.81. The summed E-state index contributed by atoms with van der Waals surface area (Å²) >= 11 is 8.00. The van der Waals surface area contributed by atoms with Gasteiger partial charge in [-0.15, -0.1) is 11.3 Å². The lowest BCUT2D eigenvalue weighted by atomic mass is 9.95. The Balaban J connectivity index is 1.05. The lowest BCUT2D eigenvalue weighted by molar-refractivity contribution is -0.132. The number of rotatable bonds is 10. The second-order valence-electron chi connectivity index (χ2n) is 14.3. The van der Waals surface area contributed by atoms with Crippen LogP contribution in [0.15, 0.2) is 138 Å². The number of thioether (sulfide) groups is 1. The first-order valence-corrected chi connectivity index (χ1v) is 21.0. The molecule has 10 heteroatoms. The van der Waals surface area contributed by atoms with Gasteiger partial charge in [-0.05, 0) is 88.2 Å². The number of carbonyl (C=O) groups excluding carboxylic acids is 2. The molecule has 1 aromatic heterocycles. The standard InChI is InChI=1S/C47H37N3O4S3/c51-30-54-29-49-44(52)42(56-46(49)43-45(53)48(47(55)57-43)28-32-11-4-1-5-12-32)27-33-21-24-41-39(26-33)37-17-10-18-40(37)50(41)36-22-19-31(20-23-36)25-38(34-13-6-2-7-14-34)35-15-8-3-9-16-35/h1-9,11-16,19-27,30,37,40H,10,17-18,28-29H2. The molecule has 5 aromatic carbocycles. The van der Waals surface area contributed by atoms with Gasteiger partial charge >= 0.3 is 0 Å². The van der Waals surface area contributed by atoms with Gasteiger partial charge in [-0.3, -0.25) is 23.9 Å². The molecule has 3 aliphatic rings. The highest BCUT2D eigenvalue weighted by Crippen LogP contribution is 2.52. The van der Waals surface area contributed by atoms with Crippen LogP contribution >= 0.6 is 35.3 Å². The molecule has 282 valence electrons. The van der Waals surface area contributed by atoms with Crippen LogP contribution in [0.5, 0.6) is 0 Å². The number of nitrogens with zero attached hydrogens (tertiary/aromatic N) is 3. The van der Waals surface area contributed by atoms with Crippen molar-refractivity contribution in [2.45, 2.75) is 44.5 Å². The maximum atomic E-state index is 13.9. The van der Waals surface area contributed by atoms with Crippen molar-refractivity contribution < 1.29 is 14.3 Å². The zero-order valence-electron chi connectivity index (χ0n) is 30.8. The molecule has 2 atom stereocenters. The minimum atomic E-state index is -0.331. The molecule has 1 saturated carbocycles. The zero-order valence-corrected chi connectivity index (χ0v) is 33.3. The predicted molar refractivity (Wildman–Crippen MR) is 234 cm³/mol. The zero-order chi connectivity index (χ0) is 38.9. The SMILES string of the molecule is O=COCn1c(=C2SC(=S)N(Cc3ccccc3)C2=O)sc(=Cc2ccc3c(c2)C2CCCC2N3c2ccc(C=C(c3ccccc3)c3ccccc3)cc2)c1=O. The number of aromatic nitrogens is 1. The quantitative estimate of drug-likeness (QED) is 0.0783.